The van der Waals surface area contributed by atoms with Gasteiger partial charge in [0.1, 0.15) is 5.58 Å². The number of Topliss-reactive ketones (excluding diaryl/α,β-unsaturated/α-hetero) is 1. The van der Waals surface area contributed by atoms with Gasteiger partial charge in [0.05, 0.1) is 11.6 Å². The molecule has 0 bridgehead atoms. The number of aliphatic hydroxyl groups excluding tert-OH is 1. The minimum atomic E-state index is -0.756. The van der Waals surface area contributed by atoms with Crippen LogP contribution >= 0.6 is 11.6 Å². The smallest absolute Gasteiger partial charge is 0.290 e. The highest BCUT2D eigenvalue weighted by atomic mass is 35.5. The number of hydrogen-bond acceptors (Lipinski definition) is 5. The maximum absolute atomic E-state index is 13.5. The van der Waals surface area contributed by atoms with Gasteiger partial charge in [-0.1, -0.05) is 35.4 Å². The van der Waals surface area contributed by atoms with Gasteiger partial charge >= 0.3 is 0 Å². The number of ketones is 1. The summed E-state index contributed by atoms with van der Waals surface area (Å²) in [5.41, 5.74) is 2.26. The molecule has 4 rings (SSSR count). The van der Waals surface area contributed by atoms with Crippen molar-refractivity contribution in [2.75, 3.05) is 27.2 Å². The van der Waals surface area contributed by atoms with E-state index < -0.39 is 23.5 Å². The summed E-state index contributed by atoms with van der Waals surface area (Å²) in [5, 5.41) is 12.0. The first-order valence-corrected chi connectivity index (χ1v) is 10.3. The Kier molecular flexibility index (Phi) is 5.60. The molecule has 1 amide bonds. The molecule has 1 aromatic heterocycles. The highest BCUT2D eigenvalue weighted by molar-refractivity contribution is 6.30. The predicted octanol–water partition coefficient (Wildman–Crippen LogP) is 4.53. The number of hydrogen-bond donors (Lipinski definition) is 1. The molecule has 160 valence electrons. The summed E-state index contributed by atoms with van der Waals surface area (Å²) in [7, 11) is 3.79. The Morgan fingerprint density at radius 2 is 1.97 bits per heavy atom. The highest BCUT2D eigenvalue weighted by Crippen LogP contribution is 2.40. The van der Waals surface area contributed by atoms with Gasteiger partial charge in [0, 0.05) is 23.5 Å². The summed E-state index contributed by atoms with van der Waals surface area (Å²) >= 11 is 6.19. The van der Waals surface area contributed by atoms with Crippen molar-refractivity contribution < 1.29 is 19.1 Å². The van der Waals surface area contributed by atoms with E-state index >= 15 is 0 Å². The van der Waals surface area contributed by atoms with Gasteiger partial charge in [-0.15, -0.1) is 0 Å². The number of fused-ring (bicyclic) bond motifs is 1. The van der Waals surface area contributed by atoms with Crippen molar-refractivity contribution in [2.45, 2.75) is 13.0 Å². The van der Waals surface area contributed by atoms with Crippen LogP contribution in [0.5, 0.6) is 0 Å². The number of halogens is 1. The van der Waals surface area contributed by atoms with Gasteiger partial charge in [-0.3, -0.25) is 9.59 Å². The number of likely N-dealkylation sites (N-methyl/N-ethyl adjacent to an activating group) is 1. The minimum Gasteiger partial charge on any atom is -0.503 e. The third-order valence-corrected chi connectivity index (χ3v) is 5.63. The average Bonchev–Trinajstić information content (AvgIpc) is 3.25. The molecule has 0 aliphatic carbocycles. The number of furan rings is 1. The van der Waals surface area contributed by atoms with E-state index in [4.69, 9.17) is 16.0 Å². The fourth-order valence-electron chi connectivity index (χ4n) is 3.85. The van der Waals surface area contributed by atoms with Crippen LogP contribution in [0.15, 0.2) is 64.3 Å². The Morgan fingerprint density at radius 3 is 2.68 bits per heavy atom. The topological polar surface area (TPSA) is 74.0 Å². The molecule has 1 unspecified atom stereocenters. The second-order valence-electron chi connectivity index (χ2n) is 8.00. The summed E-state index contributed by atoms with van der Waals surface area (Å²) in [6.45, 7) is 2.86. The van der Waals surface area contributed by atoms with Gasteiger partial charge in [-0.25, -0.2) is 0 Å². The largest absolute Gasteiger partial charge is 0.503 e. The van der Waals surface area contributed by atoms with E-state index in [1.807, 2.05) is 38.1 Å². The summed E-state index contributed by atoms with van der Waals surface area (Å²) in [4.78, 5) is 29.8. The first kappa shape index (κ1) is 21.2. The zero-order valence-corrected chi connectivity index (χ0v) is 18.3. The fourth-order valence-corrected chi connectivity index (χ4v) is 4.05. The first-order valence-electron chi connectivity index (χ1n) is 9.95. The molecule has 0 saturated carbocycles. The van der Waals surface area contributed by atoms with E-state index in [0.717, 1.165) is 10.9 Å². The number of carbonyl (C=O) groups excluding carboxylic acids is 2. The SMILES string of the molecule is Cc1ccc2oc(C(=O)C3=C(O)C(=O)N(CCN(C)C)C3c3cccc(Cl)c3)cc2c1. The number of amides is 1. The number of rotatable bonds is 6. The highest BCUT2D eigenvalue weighted by Gasteiger charge is 2.44. The van der Waals surface area contributed by atoms with Gasteiger partial charge in [-0.2, -0.15) is 0 Å². The van der Waals surface area contributed by atoms with Crippen molar-refractivity contribution in [1.82, 2.24) is 9.80 Å². The van der Waals surface area contributed by atoms with E-state index in [1.54, 1.807) is 36.4 Å². The number of aryl methyl sites for hydroxylation is 1. The Balaban J connectivity index is 1.80. The molecule has 1 aliphatic rings. The number of benzene rings is 2. The fraction of sp³-hybridized carbons (Fsp3) is 0.250. The second-order valence-corrected chi connectivity index (χ2v) is 8.44. The molecule has 0 spiro atoms. The molecule has 1 atom stereocenters. The number of aliphatic hydroxyl groups is 1. The number of nitrogens with zero attached hydrogens (tertiary/aromatic N) is 2. The van der Waals surface area contributed by atoms with E-state index in [1.165, 1.54) is 4.90 Å². The molecular weight excluding hydrogens is 416 g/mol. The van der Waals surface area contributed by atoms with Gasteiger partial charge in [0.15, 0.2) is 11.5 Å². The molecule has 0 radical (unpaired) electrons. The van der Waals surface area contributed by atoms with Crippen LogP contribution in [0.2, 0.25) is 5.02 Å². The zero-order chi connectivity index (χ0) is 22.3. The van der Waals surface area contributed by atoms with Gasteiger partial charge in [-0.05, 0) is 56.9 Å². The maximum atomic E-state index is 13.5. The van der Waals surface area contributed by atoms with Crippen molar-refractivity contribution in [3.05, 3.63) is 81.8 Å². The lowest BCUT2D eigenvalue weighted by atomic mass is 9.95. The van der Waals surface area contributed by atoms with Gasteiger partial charge in [0.2, 0.25) is 5.78 Å². The van der Waals surface area contributed by atoms with Crippen molar-refractivity contribution in [2.24, 2.45) is 0 Å². The minimum absolute atomic E-state index is 0.00167. The number of carbonyl (C=O) groups is 2. The molecule has 7 heteroatoms. The summed E-state index contributed by atoms with van der Waals surface area (Å²) in [6.07, 6.45) is 0. The van der Waals surface area contributed by atoms with Crippen molar-refractivity contribution in [3.63, 3.8) is 0 Å². The average molecular weight is 439 g/mol. The predicted molar refractivity (Wildman–Crippen MR) is 119 cm³/mol. The molecule has 1 aliphatic heterocycles. The van der Waals surface area contributed by atoms with Gasteiger partial charge in [0.25, 0.3) is 5.91 Å². The van der Waals surface area contributed by atoms with Crippen LogP contribution in [0.25, 0.3) is 11.0 Å². The van der Waals surface area contributed by atoms with E-state index in [2.05, 4.69) is 0 Å². The molecule has 2 aromatic carbocycles. The third kappa shape index (κ3) is 3.96. The standard InChI is InChI=1S/C24H23ClN2O4/c1-14-7-8-18-16(11-14)13-19(31-18)22(28)20-21(15-5-4-6-17(25)12-15)27(10-9-26(2)3)24(30)23(20)29/h4-8,11-13,21,29H,9-10H2,1-3H3. The van der Waals surface area contributed by atoms with Crippen LogP contribution in [-0.4, -0.2) is 53.8 Å². The molecule has 0 fully saturated rings. The van der Waals surface area contributed by atoms with Crippen molar-refractivity contribution in [1.29, 1.82) is 0 Å². The lowest BCUT2D eigenvalue weighted by Gasteiger charge is -2.28. The third-order valence-electron chi connectivity index (χ3n) is 5.40. The van der Waals surface area contributed by atoms with Crippen LogP contribution in [0.3, 0.4) is 0 Å². The lowest BCUT2D eigenvalue weighted by molar-refractivity contribution is -0.129. The summed E-state index contributed by atoms with van der Waals surface area (Å²) < 4.78 is 5.76. The first-order chi connectivity index (χ1) is 14.8. The van der Waals surface area contributed by atoms with E-state index in [-0.39, 0.29) is 11.3 Å². The molecule has 6 nitrogen and oxygen atoms in total. The Labute approximate surface area is 185 Å². The Morgan fingerprint density at radius 1 is 1.19 bits per heavy atom. The second kappa shape index (κ2) is 8.21. The van der Waals surface area contributed by atoms with Gasteiger partial charge < -0.3 is 19.3 Å². The van der Waals surface area contributed by atoms with Crippen LogP contribution in [0.4, 0.5) is 0 Å². The monoisotopic (exact) mass is 438 g/mol. The van der Waals surface area contributed by atoms with Crippen LogP contribution in [0.1, 0.15) is 27.7 Å². The lowest BCUT2D eigenvalue weighted by Crippen LogP contribution is -2.36. The summed E-state index contributed by atoms with van der Waals surface area (Å²) in [6, 6.07) is 13.5. The molecule has 1 N–H and O–H groups in total. The molecule has 0 saturated heterocycles. The Hall–Kier alpha value is -3.09. The molecule has 3 aromatic rings. The van der Waals surface area contributed by atoms with Crippen LogP contribution < -0.4 is 0 Å². The molecule has 2 heterocycles. The van der Waals surface area contributed by atoms with E-state index in [9.17, 15) is 14.7 Å². The molecular formula is C24H23ClN2O4. The van der Waals surface area contributed by atoms with Crippen molar-refractivity contribution in [3.8, 4) is 0 Å². The Bertz CT molecular complexity index is 1210. The summed E-state index contributed by atoms with van der Waals surface area (Å²) in [5.74, 6) is -1.57. The maximum Gasteiger partial charge on any atom is 0.290 e. The quantitative estimate of drug-likeness (QED) is 0.572. The van der Waals surface area contributed by atoms with E-state index in [0.29, 0.717) is 29.3 Å². The zero-order valence-electron chi connectivity index (χ0n) is 17.6. The van der Waals surface area contributed by atoms with Crippen molar-refractivity contribution >= 4 is 34.3 Å². The normalized spacial score (nSPS) is 16.7. The van der Waals surface area contributed by atoms with Crippen LogP contribution in [0, 0.1) is 6.92 Å². The van der Waals surface area contributed by atoms with Crippen LogP contribution in [-0.2, 0) is 4.79 Å². The molecule has 31 heavy (non-hydrogen) atoms.